The van der Waals surface area contributed by atoms with Gasteiger partial charge in [0.2, 0.25) is 15.9 Å². The Bertz CT molecular complexity index is 1300. The number of hydrogen-bond donors (Lipinski definition) is 0. The number of nitrogens with zero attached hydrogens (tertiary/aromatic N) is 4. The molecular formula is C24H29F3N4O3S. The second kappa shape index (κ2) is 10.4. The van der Waals surface area contributed by atoms with Gasteiger partial charge in [0.15, 0.2) is 0 Å². The van der Waals surface area contributed by atoms with Crippen molar-refractivity contribution in [1.29, 1.82) is 0 Å². The quantitative estimate of drug-likeness (QED) is 0.432. The zero-order valence-corrected chi connectivity index (χ0v) is 20.9. The van der Waals surface area contributed by atoms with Crippen molar-refractivity contribution in [3.8, 4) is 0 Å². The van der Waals surface area contributed by atoms with Gasteiger partial charge in [-0.3, -0.25) is 4.79 Å². The lowest BCUT2D eigenvalue weighted by Crippen LogP contribution is -2.30. The average molecular weight is 511 g/mol. The Morgan fingerprint density at radius 2 is 1.69 bits per heavy atom. The van der Waals surface area contributed by atoms with Crippen LogP contribution in [0.3, 0.4) is 0 Å². The largest absolute Gasteiger partial charge is 0.416 e. The number of rotatable bonds is 9. The number of aromatic nitrogens is 2. The van der Waals surface area contributed by atoms with Gasteiger partial charge >= 0.3 is 6.18 Å². The fraction of sp³-hybridized carbons (Fsp3) is 0.417. The normalized spacial score (nSPS) is 12.5. The van der Waals surface area contributed by atoms with Crippen molar-refractivity contribution in [2.45, 2.75) is 44.3 Å². The van der Waals surface area contributed by atoms with E-state index in [1.165, 1.54) is 21.3 Å². The number of carbonyl (C=O) groups is 1. The third-order valence-corrected chi connectivity index (χ3v) is 8.02. The Balaban J connectivity index is 1.69. The molecule has 3 rings (SSSR count). The summed E-state index contributed by atoms with van der Waals surface area (Å²) in [5, 5.41) is 0. The average Bonchev–Trinajstić information content (AvgIpc) is 3.12. The predicted molar refractivity (Wildman–Crippen MR) is 127 cm³/mol. The summed E-state index contributed by atoms with van der Waals surface area (Å²) in [5.74, 6) is 0.454. The van der Waals surface area contributed by atoms with Gasteiger partial charge in [-0.1, -0.05) is 26.0 Å². The number of halogens is 3. The number of benzene rings is 2. The van der Waals surface area contributed by atoms with E-state index in [0.29, 0.717) is 36.4 Å². The van der Waals surface area contributed by atoms with Crippen molar-refractivity contribution in [2.24, 2.45) is 7.05 Å². The lowest BCUT2D eigenvalue weighted by molar-refractivity contribution is -0.137. The molecule has 1 heterocycles. The maximum Gasteiger partial charge on any atom is 0.416 e. The summed E-state index contributed by atoms with van der Waals surface area (Å²) in [7, 11) is -0.211. The number of amides is 1. The summed E-state index contributed by atoms with van der Waals surface area (Å²) in [5.41, 5.74) is 1.15. The van der Waals surface area contributed by atoms with Gasteiger partial charge in [0.05, 0.1) is 21.5 Å². The highest BCUT2D eigenvalue weighted by atomic mass is 32.2. The van der Waals surface area contributed by atoms with E-state index >= 15 is 0 Å². The molecule has 1 aromatic heterocycles. The first-order valence-electron chi connectivity index (χ1n) is 11.2. The molecule has 0 fully saturated rings. The molecule has 7 nitrogen and oxygen atoms in total. The minimum Gasteiger partial charge on any atom is -0.341 e. The van der Waals surface area contributed by atoms with Gasteiger partial charge in [-0.15, -0.1) is 0 Å². The van der Waals surface area contributed by atoms with Crippen LogP contribution < -0.4 is 0 Å². The fourth-order valence-corrected chi connectivity index (χ4v) is 5.38. The molecule has 0 saturated heterocycles. The van der Waals surface area contributed by atoms with E-state index < -0.39 is 21.8 Å². The Morgan fingerprint density at radius 1 is 1.06 bits per heavy atom. The van der Waals surface area contributed by atoms with Crippen molar-refractivity contribution in [3.63, 3.8) is 0 Å². The second-order valence-electron chi connectivity index (χ2n) is 8.27. The third-order valence-electron chi connectivity index (χ3n) is 5.98. The lowest BCUT2D eigenvalue weighted by Gasteiger charge is -2.18. The molecule has 0 spiro atoms. The molecule has 3 aromatic rings. The molecule has 0 unspecified atom stereocenters. The Labute approximate surface area is 203 Å². The van der Waals surface area contributed by atoms with Crippen molar-refractivity contribution in [1.82, 2.24) is 18.8 Å². The summed E-state index contributed by atoms with van der Waals surface area (Å²) in [6.45, 7) is 4.49. The highest BCUT2D eigenvalue weighted by Gasteiger charge is 2.30. The van der Waals surface area contributed by atoms with Gasteiger partial charge < -0.3 is 9.47 Å². The standard InChI is InChI=1S/C24H29F3N4O3S/c1-5-31(6-2)35(33,34)19-11-12-21-20(15-19)28-22(30(21)4)13-14-23(32)29(3)16-17-7-9-18(10-8-17)24(25,26)27/h7-12,15H,5-6,13-14,16H2,1-4H3. The summed E-state index contributed by atoms with van der Waals surface area (Å²) >= 11 is 0. The van der Waals surface area contributed by atoms with Gasteiger partial charge in [0.25, 0.3) is 0 Å². The van der Waals surface area contributed by atoms with E-state index in [1.54, 1.807) is 46.1 Å². The molecule has 0 saturated carbocycles. The molecular weight excluding hydrogens is 481 g/mol. The molecule has 0 atom stereocenters. The van der Waals surface area contributed by atoms with Crippen LogP contribution in [-0.2, 0) is 41.0 Å². The number of aryl methyl sites for hydroxylation is 2. The van der Waals surface area contributed by atoms with Gasteiger partial charge in [-0.05, 0) is 35.9 Å². The second-order valence-corrected chi connectivity index (χ2v) is 10.2. The minimum atomic E-state index is -4.40. The number of sulfonamides is 1. The number of carbonyl (C=O) groups excluding carboxylic acids is 1. The number of fused-ring (bicyclic) bond motifs is 1. The first-order chi connectivity index (χ1) is 16.4. The van der Waals surface area contributed by atoms with Crippen LogP contribution in [0.4, 0.5) is 13.2 Å². The van der Waals surface area contributed by atoms with Crippen LogP contribution >= 0.6 is 0 Å². The van der Waals surface area contributed by atoms with E-state index in [0.717, 1.165) is 17.6 Å². The van der Waals surface area contributed by atoms with Gasteiger partial charge in [0, 0.05) is 46.6 Å². The van der Waals surface area contributed by atoms with E-state index in [9.17, 15) is 26.4 Å². The van der Waals surface area contributed by atoms with Crippen LogP contribution in [0.25, 0.3) is 11.0 Å². The summed E-state index contributed by atoms with van der Waals surface area (Å²) in [6, 6.07) is 9.55. The van der Waals surface area contributed by atoms with Crippen molar-refractivity contribution in [3.05, 3.63) is 59.4 Å². The van der Waals surface area contributed by atoms with Gasteiger partial charge in [0.1, 0.15) is 5.82 Å². The third kappa shape index (κ3) is 5.84. The summed E-state index contributed by atoms with van der Waals surface area (Å²) < 4.78 is 67.0. The first kappa shape index (κ1) is 26.7. The predicted octanol–water partition coefficient (Wildman–Crippen LogP) is 4.21. The maximum absolute atomic E-state index is 12.8. The van der Waals surface area contributed by atoms with E-state index in [1.807, 2.05) is 4.57 Å². The summed E-state index contributed by atoms with van der Waals surface area (Å²) in [6.07, 6.45) is -3.92. The van der Waals surface area contributed by atoms with Crippen LogP contribution in [0, 0.1) is 0 Å². The minimum absolute atomic E-state index is 0.152. The monoisotopic (exact) mass is 510 g/mol. The molecule has 0 aliphatic carbocycles. The zero-order chi connectivity index (χ0) is 26.0. The molecule has 190 valence electrons. The van der Waals surface area contributed by atoms with Crippen LogP contribution in [0.15, 0.2) is 47.4 Å². The Morgan fingerprint density at radius 3 is 2.26 bits per heavy atom. The van der Waals surface area contributed by atoms with Crippen LogP contribution in [0.1, 0.15) is 37.2 Å². The zero-order valence-electron chi connectivity index (χ0n) is 20.1. The molecule has 0 bridgehead atoms. The highest BCUT2D eigenvalue weighted by molar-refractivity contribution is 7.89. The van der Waals surface area contributed by atoms with Crippen LogP contribution in [-0.4, -0.2) is 53.2 Å². The Hall–Kier alpha value is -2.92. The van der Waals surface area contributed by atoms with Gasteiger partial charge in [-0.2, -0.15) is 17.5 Å². The van der Waals surface area contributed by atoms with Crippen molar-refractivity contribution in [2.75, 3.05) is 20.1 Å². The fourth-order valence-electron chi connectivity index (χ4n) is 3.90. The van der Waals surface area contributed by atoms with Crippen molar-refractivity contribution < 1.29 is 26.4 Å². The molecule has 0 aliphatic rings. The molecule has 0 aliphatic heterocycles. The van der Waals surface area contributed by atoms with E-state index in [-0.39, 0.29) is 23.8 Å². The molecule has 0 N–H and O–H groups in total. The lowest BCUT2D eigenvalue weighted by atomic mass is 10.1. The molecule has 0 radical (unpaired) electrons. The number of alkyl halides is 3. The molecule has 35 heavy (non-hydrogen) atoms. The molecule has 2 aromatic carbocycles. The van der Waals surface area contributed by atoms with E-state index in [4.69, 9.17) is 0 Å². The SMILES string of the molecule is CCN(CC)S(=O)(=O)c1ccc2c(c1)nc(CCC(=O)N(C)Cc1ccc(C(F)(F)F)cc1)n2C. The van der Waals surface area contributed by atoms with E-state index in [2.05, 4.69) is 4.98 Å². The maximum atomic E-state index is 12.8. The smallest absolute Gasteiger partial charge is 0.341 e. The molecule has 1 amide bonds. The first-order valence-corrected chi connectivity index (χ1v) is 12.7. The van der Waals surface area contributed by atoms with Crippen LogP contribution in [0.2, 0.25) is 0 Å². The molecule has 11 heteroatoms. The number of hydrogen-bond acceptors (Lipinski definition) is 4. The summed E-state index contributed by atoms with van der Waals surface area (Å²) in [4.78, 5) is 18.8. The Kier molecular flexibility index (Phi) is 7.90. The highest BCUT2D eigenvalue weighted by Crippen LogP contribution is 2.29. The van der Waals surface area contributed by atoms with Crippen LogP contribution in [0.5, 0.6) is 0 Å². The topological polar surface area (TPSA) is 75.5 Å². The van der Waals surface area contributed by atoms with Crippen molar-refractivity contribution >= 4 is 27.0 Å². The van der Waals surface area contributed by atoms with Gasteiger partial charge in [-0.25, -0.2) is 13.4 Å². The number of imidazole rings is 1.